The predicted molar refractivity (Wildman–Crippen MR) is 72.9 cm³/mol. The van der Waals surface area contributed by atoms with E-state index < -0.39 is 5.60 Å². The van der Waals surface area contributed by atoms with Gasteiger partial charge < -0.3 is 15.2 Å². The summed E-state index contributed by atoms with van der Waals surface area (Å²) in [5.74, 6) is 0.851. The third-order valence-corrected chi connectivity index (χ3v) is 4.16. The molecule has 0 radical (unpaired) electrons. The minimum Gasteiger partial charge on any atom is -0.497 e. The molecule has 0 amide bonds. The summed E-state index contributed by atoms with van der Waals surface area (Å²) in [6.07, 6.45) is 3.70. The van der Waals surface area contributed by atoms with E-state index >= 15 is 0 Å². The smallest absolute Gasteiger partial charge is 0.119 e. The first-order valence-electron chi connectivity index (χ1n) is 6.64. The Hall–Kier alpha value is -1.06. The Morgan fingerprint density at radius 3 is 2.50 bits per heavy atom. The fraction of sp³-hybridized carbons (Fsp3) is 0.600. The van der Waals surface area contributed by atoms with Crippen LogP contribution in [0.1, 0.15) is 36.8 Å². The number of nitrogens with one attached hydrogen (secondary N) is 1. The van der Waals surface area contributed by atoms with Crippen LogP contribution in [0.25, 0.3) is 0 Å². The van der Waals surface area contributed by atoms with Gasteiger partial charge in [0.1, 0.15) is 5.75 Å². The predicted octanol–water partition coefficient (Wildman–Crippen LogP) is 2.35. The zero-order valence-electron chi connectivity index (χ0n) is 11.5. The van der Waals surface area contributed by atoms with Gasteiger partial charge in [-0.25, -0.2) is 0 Å². The van der Waals surface area contributed by atoms with Crippen molar-refractivity contribution in [3.63, 3.8) is 0 Å². The van der Waals surface area contributed by atoms with Crippen LogP contribution in [0, 0.1) is 6.92 Å². The second-order valence-electron chi connectivity index (χ2n) is 5.28. The molecular formula is C15H23NO2. The van der Waals surface area contributed by atoms with Crippen LogP contribution in [0.2, 0.25) is 0 Å². The second-order valence-corrected chi connectivity index (χ2v) is 5.28. The van der Waals surface area contributed by atoms with E-state index in [1.54, 1.807) is 7.11 Å². The molecule has 3 nitrogen and oxygen atoms in total. The third-order valence-electron chi connectivity index (χ3n) is 4.16. The molecule has 0 atom stereocenters. The quantitative estimate of drug-likeness (QED) is 0.864. The summed E-state index contributed by atoms with van der Waals surface area (Å²) >= 11 is 0. The van der Waals surface area contributed by atoms with E-state index in [4.69, 9.17) is 4.74 Å². The number of benzene rings is 1. The Kier molecular flexibility index (Phi) is 3.93. The lowest BCUT2D eigenvalue weighted by Crippen LogP contribution is -2.38. The van der Waals surface area contributed by atoms with Gasteiger partial charge in [0.05, 0.1) is 12.7 Å². The van der Waals surface area contributed by atoms with Crippen LogP contribution in [0.4, 0.5) is 0 Å². The van der Waals surface area contributed by atoms with Gasteiger partial charge in [0.2, 0.25) is 0 Å². The van der Waals surface area contributed by atoms with Gasteiger partial charge in [0.15, 0.2) is 0 Å². The lowest BCUT2D eigenvalue weighted by atomic mass is 9.76. The van der Waals surface area contributed by atoms with Crippen LogP contribution in [0.15, 0.2) is 18.2 Å². The molecule has 100 valence electrons. The number of hydrogen-bond acceptors (Lipinski definition) is 3. The summed E-state index contributed by atoms with van der Waals surface area (Å²) < 4.78 is 5.21. The molecule has 0 spiro atoms. The summed E-state index contributed by atoms with van der Waals surface area (Å²) in [6.45, 7) is 2.04. The molecule has 3 heteroatoms. The Balaban J connectivity index is 2.20. The van der Waals surface area contributed by atoms with Gasteiger partial charge in [-0.15, -0.1) is 0 Å². The van der Waals surface area contributed by atoms with Crippen LogP contribution in [-0.4, -0.2) is 25.3 Å². The zero-order chi connectivity index (χ0) is 13.2. The fourth-order valence-corrected chi connectivity index (χ4v) is 2.94. The summed E-state index contributed by atoms with van der Waals surface area (Å²) in [5, 5.41) is 14.1. The molecule has 1 aliphatic rings. The normalized spacial score (nSPS) is 28.1. The number of hydrogen-bond donors (Lipinski definition) is 2. The maximum atomic E-state index is 10.8. The molecule has 2 N–H and O–H groups in total. The van der Waals surface area contributed by atoms with E-state index in [0.717, 1.165) is 42.6 Å². The maximum absolute atomic E-state index is 10.8. The number of ether oxygens (including phenoxy) is 1. The third kappa shape index (κ3) is 2.52. The van der Waals surface area contributed by atoms with Crippen molar-refractivity contribution in [1.29, 1.82) is 0 Å². The van der Waals surface area contributed by atoms with Gasteiger partial charge in [-0.1, -0.05) is 6.07 Å². The minimum absolute atomic E-state index is 0.545. The van der Waals surface area contributed by atoms with E-state index in [0.29, 0.717) is 6.04 Å². The first-order valence-corrected chi connectivity index (χ1v) is 6.64. The second kappa shape index (κ2) is 5.29. The van der Waals surface area contributed by atoms with Crippen molar-refractivity contribution in [2.45, 2.75) is 44.2 Å². The zero-order valence-corrected chi connectivity index (χ0v) is 11.5. The lowest BCUT2D eigenvalue weighted by Gasteiger charge is -2.37. The maximum Gasteiger partial charge on any atom is 0.119 e. The van der Waals surface area contributed by atoms with Gasteiger partial charge in [-0.3, -0.25) is 0 Å². The summed E-state index contributed by atoms with van der Waals surface area (Å²) in [5.41, 5.74) is 1.50. The largest absolute Gasteiger partial charge is 0.497 e. The molecule has 0 aromatic heterocycles. The number of methoxy groups -OCH3 is 1. The van der Waals surface area contributed by atoms with Gasteiger partial charge >= 0.3 is 0 Å². The van der Waals surface area contributed by atoms with Crippen LogP contribution < -0.4 is 10.1 Å². The lowest BCUT2D eigenvalue weighted by molar-refractivity contribution is -0.00818. The molecule has 1 aliphatic carbocycles. The molecule has 0 aliphatic heterocycles. The summed E-state index contributed by atoms with van der Waals surface area (Å²) in [4.78, 5) is 0. The highest BCUT2D eigenvalue weighted by molar-refractivity contribution is 5.38. The van der Waals surface area contributed by atoms with Crippen molar-refractivity contribution in [3.8, 4) is 5.75 Å². The molecule has 0 saturated heterocycles. The van der Waals surface area contributed by atoms with E-state index in [2.05, 4.69) is 5.32 Å². The van der Waals surface area contributed by atoms with E-state index in [1.165, 1.54) is 0 Å². The molecule has 18 heavy (non-hydrogen) atoms. The molecule has 1 aromatic rings. The van der Waals surface area contributed by atoms with E-state index in [-0.39, 0.29) is 0 Å². The first kappa shape index (κ1) is 13.4. The van der Waals surface area contributed by atoms with Crippen LogP contribution in [-0.2, 0) is 5.60 Å². The molecule has 0 unspecified atom stereocenters. The Bertz CT molecular complexity index is 409. The molecule has 0 heterocycles. The molecule has 2 rings (SSSR count). The summed E-state index contributed by atoms with van der Waals surface area (Å²) in [6, 6.07) is 6.49. The van der Waals surface area contributed by atoms with Crippen molar-refractivity contribution in [1.82, 2.24) is 5.32 Å². The topological polar surface area (TPSA) is 41.5 Å². The number of aryl methyl sites for hydroxylation is 1. The highest BCUT2D eigenvalue weighted by Crippen LogP contribution is 2.39. The van der Waals surface area contributed by atoms with Crippen LogP contribution in [0.5, 0.6) is 5.75 Å². The van der Waals surface area contributed by atoms with Crippen LogP contribution >= 0.6 is 0 Å². The highest BCUT2D eigenvalue weighted by Gasteiger charge is 2.35. The molecular weight excluding hydrogens is 226 g/mol. The van der Waals surface area contributed by atoms with Crippen molar-refractivity contribution in [2.24, 2.45) is 0 Å². The van der Waals surface area contributed by atoms with Gasteiger partial charge in [0.25, 0.3) is 0 Å². The monoisotopic (exact) mass is 249 g/mol. The van der Waals surface area contributed by atoms with Gasteiger partial charge in [0, 0.05) is 6.04 Å². The SMILES string of the molecule is CNC1CCC(O)(c2ccc(OC)cc2C)CC1. The summed E-state index contributed by atoms with van der Waals surface area (Å²) in [7, 11) is 3.66. The Morgan fingerprint density at radius 1 is 1.33 bits per heavy atom. The Morgan fingerprint density at radius 2 is 2.00 bits per heavy atom. The van der Waals surface area contributed by atoms with Crippen molar-refractivity contribution in [2.75, 3.05) is 14.2 Å². The Labute approximate surface area is 109 Å². The van der Waals surface area contributed by atoms with Crippen molar-refractivity contribution in [3.05, 3.63) is 29.3 Å². The fourth-order valence-electron chi connectivity index (χ4n) is 2.94. The molecule has 1 saturated carbocycles. The molecule has 0 bridgehead atoms. The average molecular weight is 249 g/mol. The standard InChI is InChI=1S/C15H23NO2/c1-11-10-13(18-3)4-5-14(11)15(17)8-6-12(16-2)7-9-15/h4-5,10,12,16-17H,6-9H2,1-3H3. The van der Waals surface area contributed by atoms with Gasteiger partial charge in [-0.05, 0) is 62.9 Å². The minimum atomic E-state index is -0.663. The number of rotatable bonds is 3. The first-order chi connectivity index (χ1) is 8.59. The van der Waals surface area contributed by atoms with Crippen molar-refractivity contribution >= 4 is 0 Å². The van der Waals surface area contributed by atoms with Crippen LogP contribution in [0.3, 0.4) is 0 Å². The van der Waals surface area contributed by atoms with E-state index in [1.807, 2.05) is 32.2 Å². The highest BCUT2D eigenvalue weighted by atomic mass is 16.5. The van der Waals surface area contributed by atoms with Crippen molar-refractivity contribution < 1.29 is 9.84 Å². The average Bonchev–Trinajstić information content (AvgIpc) is 2.39. The van der Waals surface area contributed by atoms with Gasteiger partial charge in [-0.2, -0.15) is 0 Å². The number of aliphatic hydroxyl groups is 1. The molecule has 1 aromatic carbocycles. The molecule has 1 fully saturated rings. The van der Waals surface area contributed by atoms with E-state index in [9.17, 15) is 5.11 Å².